The van der Waals surface area contributed by atoms with Crippen LogP contribution < -0.4 is 10.1 Å². The van der Waals surface area contributed by atoms with Gasteiger partial charge in [0.15, 0.2) is 0 Å². The minimum absolute atomic E-state index is 0.0377. The number of rotatable bonds is 6. The number of amides is 1. The van der Waals surface area contributed by atoms with Gasteiger partial charge in [-0.1, -0.05) is 18.2 Å². The van der Waals surface area contributed by atoms with Crippen LogP contribution in [0, 0.1) is 12.8 Å². The third-order valence-corrected chi connectivity index (χ3v) is 4.69. The average molecular weight is 393 g/mol. The second kappa shape index (κ2) is 8.18. The van der Waals surface area contributed by atoms with Gasteiger partial charge in [-0.05, 0) is 36.2 Å². The summed E-state index contributed by atoms with van der Waals surface area (Å²) in [5, 5.41) is 2.66. The lowest BCUT2D eigenvalue weighted by molar-refractivity contribution is -0.141. The number of aromatic nitrogens is 1. The van der Waals surface area contributed by atoms with Gasteiger partial charge in [0.25, 0.3) is 0 Å². The van der Waals surface area contributed by atoms with Gasteiger partial charge in [-0.15, -0.1) is 0 Å². The van der Waals surface area contributed by atoms with E-state index in [9.17, 15) is 18.0 Å². The summed E-state index contributed by atoms with van der Waals surface area (Å²) < 4.78 is 43.9. The third-order valence-electron chi connectivity index (χ3n) is 4.69. The number of pyridine rings is 1. The largest absolute Gasteiger partial charge is 0.487 e. The van der Waals surface area contributed by atoms with E-state index in [1.54, 1.807) is 7.05 Å². The Bertz CT molecular complexity index is 849. The van der Waals surface area contributed by atoms with Crippen molar-refractivity contribution >= 4 is 5.91 Å². The van der Waals surface area contributed by atoms with Crippen LogP contribution in [0.3, 0.4) is 0 Å². The SMILES string of the molecule is CNC(=O)C1CN(Cc2ccc(OCc3cccc(C(F)(F)F)n3)c(C)c2)C1. The summed E-state index contributed by atoms with van der Waals surface area (Å²) in [4.78, 5) is 17.3. The number of likely N-dealkylation sites (tertiary alicyclic amines) is 1. The van der Waals surface area contributed by atoms with E-state index in [1.807, 2.05) is 25.1 Å². The Hall–Kier alpha value is -2.61. The Morgan fingerprint density at radius 3 is 2.68 bits per heavy atom. The fourth-order valence-corrected chi connectivity index (χ4v) is 3.17. The first-order chi connectivity index (χ1) is 13.3. The molecule has 0 radical (unpaired) electrons. The molecule has 5 nitrogen and oxygen atoms in total. The fraction of sp³-hybridized carbons (Fsp3) is 0.400. The van der Waals surface area contributed by atoms with Crippen LogP contribution in [0.5, 0.6) is 5.75 Å². The third kappa shape index (κ3) is 4.81. The van der Waals surface area contributed by atoms with Gasteiger partial charge in [0.1, 0.15) is 18.1 Å². The number of nitrogens with zero attached hydrogens (tertiary/aromatic N) is 2. The van der Waals surface area contributed by atoms with Crippen molar-refractivity contribution in [2.75, 3.05) is 20.1 Å². The molecule has 0 unspecified atom stereocenters. The van der Waals surface area contributed by atoms with Crippen molar-refractivity contribution in [1.82, 2.24) is 15.2 Å². The number of alkyl halides is 3. The number of hydrogen-bond donors (Lipinski definition) is 1. The van der Waals surface area contributed by atoms with Crippen molar-refractivity contribution in [2.45, 2.75) is 26.3 Å². The maximum absolute atomic E-state index is 12.7. The summed E-state index contributed by atoms with van der Waals surface area (Å²) in [5.74, 6) is 0.725. The lowest BCUT2D eigenvalue weighted by Crippen LogP contribution is -2.52. The van der Waals surface area contributed by atoms with E-state index >= 15 is 0 Å². The molecule has 1 fully saturated rings. The van der Waals surface area contributed by atoms with Crippen molar-refractivity contribution in [1.29, 1.82) is 0 Å². The molecule has 0 bridgehead atoms. The molecule has 1 amide bonds. The Morgan fingerprint density at radius 2 is 2.04 bits per heavy atom. The standard InChI is InChI=1S/C20H22F3N3O2/c1-13-8-14(9-26-10-15(11-26)19(27)24-2)6-7-17(13)28-12-16-4-3-5-18(25-16)20(21,22)23/h3-8,15H,9-12H2,1-2H3,(H,24,27). The molecule has 0 spiro atoms. The highest BCUT2D eigenvalue weighted by Crippen LogP contribution is 2.28. The first-order valence-electron chi connectivity index (χ1n) is 8.95. The molecule has 3 rings (SSSR count). The van der Waals surface area contributed by atoms with Gasteiger partial charge >= 0.3 is 6.18 Å². The number of ether oxygens (including phenoxy) is 1. The Labute approximate surface area is 161 Å². The number of benzene rings is 1. The maximum atomic E-state index is 12.7. The number of carbonyl (C=O) groups excluding carboxylic acids is 1. The van der Waals surface area contributed by atoms with Gasteiger partial charge in [0, 0.05) is 26.7 Å². The molecule has 0 aliphatic carbocycles. The zero-order valence-corrected chi connectivity index (χ0v) is 15.7. The van der Waals surface area contributed by atoms with Crippen molar-refractivity contribution in [3.8, 4) is 5.75 Å². The summed E-state index contributed by atoms with van der Waals surface area (Å²) in [6.45, 7) is 4.06. The van der Waals surface area contributed by atoms with Gasteiger partial charge in [-0.3, -0.25) is 9.69 Å². The van der Waals surface area contributed by atoms with Crippen LogP contribution >= 0.6 is 0 Å². The molecule has 150 valence electrons. The molecule has 2 heterocycles. The van der Waals surface area contributed by atoms with Gasteiger partial charge in [0.2, 0.25) is 5.91 Å². The Balaban J connectivity index is 1.56. The number of aryl methyl sites for hydroxylation is 1. The molecule has 8 heteroatoms. The van der Waals surface area contributed by atoms with Gasteiger partial charge in [-0.2, -0.15) is 13.2 Å². The monoisotopic (exact) mass is 393 g/mol. The van der Waals surface area contributed by atoms with E-state index in [4.69, 9.17) is 4.74 Å². The quantitative estimate of drug-likeness (QED) is 0.819. The molecule has 1 aromatic heterocycles. The van der Waals surface area contributed by atoms with Gasteiger partial charge < -0.3 is 10.1 Å². The number of halogens is 3. The van der Waals surface area contributed by atoms with Crippen LogP contribution in [0.4, 0.5) is 13.2 Å². The van der Waals surface area contributed by atoms with E-state index in [0.717, 1.165) is 36.8 Å². The topological polar surface area (TPSA) is 54.5 Å². The summed E-state index contributed by atoms with van der Waals surface area (Å²) in [5.41, 5.74) is 1.29. The zero-order valence-electron chi connectivity index (χ0n) is 15.7. The average Bonchev–Trinajstić information content (AvgIpc) is 2.62. The van der Waals surface area contributed by atoms with Crippen molar-refractivity contribution in [3.63, 3.8) is 0 Å². The van der Waals surface area contributed by atoms with Crippen molar-refractivity contribution < 1.29 is 22.7 Å². The van der Waals surface area contributed by atoms with E-state index in [0.29, 0.717) is 5.75 Å². The molecular weight excluding hydrogens is 371 g/mol. The minimum Gasteiger partial charge on any atom is -0.487 e. The number of hydrogen-bond acceptors (Lipinski definition) is 4. The molecule has 1 N–H and O–H groups in total. The summed E-state index contributed by atoms with van der Waals surface area (Å²) >= 11 is 0. The van der Waals surface area contributed by atoms with Crippen LogP contribution in [0.15, 0.2) is 36.4 Å². The molecule has 0 saturated carbocycles. The predicted octanol–water partition coefficient (Wildman–Crippen LogP) is 3.17. The fourth-order valence-electron chi connectivity index (χ4n) is 3.17. The minimum atomic E-state index is -4.47. The second-order valence-electron chi connectivity index (χ2n) is 6.91. The smallest absolute Gasteiger partial charge is 0.433 e. The van der Waals surface area contributed by atoms with Gasteiger partial charge in [-0.25, -0.2) is 4.98 Å². The predicted molar refractivity (Wildman–Crippen MR) is 97.6 cm³/mol. The van der Waals surface area contributed by atoms with E-state index in [-0.39, 0.29) is 24.1 Å². The zero-order chi connectivity index (χ0) is 20.3. The lowest BCUT2D eigenvalue weighted by Gasteiger charge is -2.38. The van der Waals surface area contributed by atoms with Crippen LogP contribution in [0.25, 0.3) is 0 Å². The van der Waals surface area contributed by atoms with Crippen molar-refractivity contribution in [2.24, 2.45) is 5.92 Å². The highest BCUT2D eigenvalue weighted by molar-refractivity contribution is 5.79. The maximum Gasteiger partial charge on any atom is 0.433 e. The van der Waals surface area contributed by atoms with Crippen LogP contribution in [-0.4, -0.2) is 35.9 Å². The van der Waals surface area contributed by atoms with E-state index in [1.165, 1.54) is 12.1 Å². The van der Waals surface area contributed by atoms with E-state index in [2.05, 4.69) is 15.2 Å². The highest BCUT2D eigenvalue weighted by Gasteiger charge is 2.33. The molecule has 28 heavy (non-hydrogen) atoms. The normalized spacial score (nSPS) is 15.2. The number of carbonyl (C=O) groups is 1. The number of nitrogens with one attached hydrogen (secondary N) is 1. The van der Waals surface area contributed by atoms with Crippen LogP contribution in [0.1, 0.15) is 22.5 Å². The molecule has 1 aliphatic heterocycles. The van der Waals surface area contributed by atoms with Crippen molar-refractivity contribution in [3.05, 3.63) is 58.9 Å². The van der Waals surface area contributed by atoms with Crippen LogP contribution in [0.2, 0.25) is 0 Å². The first kappa shape index (κ1) is 20.1. The molecule has 1 saturated heterocycles. The summed E-state index contributed by atoms with van der Waals surface area (Å²) in [6, 6.07) is 9.49. The van der Waals surface area contributed by atoms with Crippen LogP contribution in [-0.2, 0) is 24.1 Å². The van der Waals surface area contributed by atoms with Gasteiger partial charge in [0.05, 0.1) is 11.6 Å². The van der Waals surface area contributed by atoms with E-state index < -0.39 is 11.9 Å². The molecule has 0 atom stereocenters. The molecule has 1 aromatic carbocycles. The summed E-state index contributed by atoms with van der Waals surface area (Å²) in [7, 11) is 1.64. The molecule has 1 aliphatic rings. The second-order valence-corrected chi connectivity index (χ2v) is 6.91. The lowest BCUT2D eigenvalue weighted by atomic mass is 9.98. The first-order valence-corrected chi connectivity index (χ1v) is 8.95. The highest BCUT2D eigenvalue weighted by atomic mass is 19.4. The molecular formula is C20H22F3N3O2. The molecule has 2 aromatic rings. The summed E-state index contributed by atoms with van der Waals surface area (Å²) in [6.07, 6.45) is -4.47. The Morgan fingerprint density at radius 1 is 1.29 bits per heavy atom. The Kier molecular flexibility index (Phi) is 5.88.